The van der Waals surface area contributed by atoms with Gasteiger partial charge in [0.15, 0.2) is 0 Å². The van der Waals surface area contributed by atoms with Crippen molar-refractivity contribution >= 4 is 38.7 Å². The van der Waals surface area contributed by atoms with Crippen molar-refractivity contribution in [2.75, 3.05) is 25.5 Å². The van der Waals surface area contributed by atoms with Gasteiger partial charge in [0, 0.05) is 28.7 Å². The van der Waals surface area contributed by atoms with E-state index in [9.17, 15) is 23.1 Å². The largest absolute Gasteiger partial charge is 0.491 e. The number of ether oxygens (including phenoxy) is 1. The number of nitrogens with one attached hydrogen (secondary N) is 3. The predicted molar refractivity (Wildman–Crippen MR) is 150 cm³/mol. The number of nitrogens with zero attached hydrogens (tertiary/aromatic N) is 1. The number of rotatable bonds is 9. The van der Waals surface area contributed by atoms with Crippen LogP contribution in [0.1, 0.15) is 25.6 Å². The third-order valence-corrected chi connectivity index (χ3v) is 9.08. The van der Waals surface area contributed by atoms with Gasteiger partial charge in [-0.05, 0) is 61.6 Å². The highest BCUT2D eigenvalue weighted by Gasteiger charge is 2.31. The molecule has 0 radical (unpaired) electrons. The van der Waals surface area contributed by atoms with E-state index in [1.54, 1.807) is 37.5 Å². The number of anilines is 1. The molecule has 1 unspecified atom stereocenters. The maximum absolute atomic E-state index is 13.2. The van der Waals surface area contributed by atoms with E-state index in [4.69, 9.17) is 4.74 Å². The first-order valence-corrected chi connectivity index (χ1v) is 14.6. The van der Waals surface area contributed by atoms with Crippen LogP contribution < -0.4 is 20.7 Å². The fraction of sp³-hybridized carbons (Fsp3) is 0.179. The first-order chi connectivity index (χ1) is 19.3. The molecule has 1 aliphatic heterocycles. The Hall–Kier alpha value is -4.10. The van der Waals surface area contributed by atoms with Gasteiger partial charge >= 0.3 is 0 Å². The zero-order valence-electron chi connectivity index (χ0n) is 21.4. The Morgan fingerprint density at radius 1 is 1.10 bits per heavy atom. The third-order valence-electron chi connectivity index (χ3n) is 6.16. The molecule has 0 spiro atoms. The van der Waals surface area contributed by atoms with Crippen LogP contribution in [0.5, 0.6) is 5.75 Å². The maximum Gasteiger partial charge on any atom is 0.257 e. The van der Waals surface area contributed by atoms with Crippen LogP contribution in [0.2, 0.25) is 0 Å². The van der Waals surface area contributed by atoms with Crippen LogP contribution in [0.3, 0.4) is 0 Å². The summed E-state index contributed by atoms with van der Waals surface area (Å²) in [6, 6.07) is 17.5. The summed E-state index contributed by atoms with van der Waals surface area (Å²) in [4.78, 5) is 30.7. The van der Waals surface area contributed by atoms with Crippen LogP contribution in [-0.4, -0.2) is 56.6 Å². The smallest absolute Gasteiger partial charge is 0.257 e. The van der Waals surface area contributed by atoms with E-state index in [0.717, 1.165) is 15.4 Å². The van der Waals surface area contributed by atoms with Crippen molar-refractivity contribution in [2.24, 2.45) is 0 Å². The Morgan fingerprint density at radius 3 is 2.65 bits per heavy atom. The topological polar surface area (TPSA) is 147 Å². The molecule has 10 nitrogen and oxygen atoms in total. The van der Waals surface area contributed by atoms with E-state index >= 15 is 0 Å². The second kappa shape index (κ2) is 11.6. The number of aliphatic hydroxyl groups excluding tert-OH is 1. The number of sulfone groups is 1. The molecule has 3 aromatic carbocycles. The van der Waals surface area contributed by atoms with E-state index in [2.05, 4.69) is 20.9 Å². The summed E-state index contributed by atoms with van der Waals surface area (Å²) in [6.07, 6.45) is 1.08. The summed E-state index contributed by atoms with van der Waals surface area (Å²) in [5.41, 5.74) is 1.20. The molecule has 0 aliphatic carbocycles. The number of hydrogen-bond donors (Lipinski definition) is 4. The molecule has 0 saturated carbocycles. The monoisotopic (exact) mass is 578 g/mol. The molecular weight excluding hydrogens is 552 g/mol. The number of aliphatic hydroxyl groups is 1. The SMILES string of the molecule is CNCC(O)COc1ccc(-c2ncc(CNC(=O)c3ccc4c(c3)NC(=O)c3ccccc3S4(=O)=O)s2)cc1. The van der Waals surface area contributed by atoms with Gasteiger partial charge in [0.1, 0.15) is 23.5 Å². The molecule has 4 N–H and O–H groups in total. The van der Waals surface area contributed by atoms with Crippen molar-refractivity contribution in [2.45, 2.75) is 22.4 Å². The minimum atomic E-state index is -3.95. The fourth-order valence-corrected chi connectivity index (χ4v) is 6.62. The van der Waals surface area contributed by atoms with Gasteiger partial charge in [-0.25, -0.2) is 13.4 Å². The number of carbonyl (C=O) groups is 2. The molecule has 1 atom stereocenters. The highest BCUT2D eigenvalue weighted by molar-refractivity contribution is 7.91. The summed E-state index contributed by atoms with van der Waals surface area (Å²) in [7, 11) is -2.19. The number of amides is 2. The molecule has 0 bridgehead atoms. The fourth-order valence-electron chi connectivity index (χ4n) is 4.17. The number of aromatic nitrogens is 1. The first-order valence-electron chi connectivity index (χ1n) is 12.3. The van der Waals surface area contributed by atoms with Crippen molar-refractivity contribution < 1.29 is 27.9 Å². The molecule has 0 fully saturated rings. The standard InChI is InChI=1S/C28H26N4O6S2/c1-29-13-19(33)16-38-20-9-6-17(7-10-20)28-31-15-21(39-28)14-30-26(34)18-8-11-25-23(12-18)32-27(35)22-4-2-3-5-24(22)40(25,36)37/h2-12,15,19,29,33H,13-14,16H2,1H3,(H,30,34)(H,32,35). The minimum absolute atomic E-state index is 0.0520. The predicted octanol–water partition coefficient (Wildman–Crippen LogP) is 3.10. The van der Waals surface area contributed by atoms with Crippen LogP contribution in [0, 0.1) is 0 Å². The molecule has 0 saturated heterocycles. The third kappa shape index (κ3) is 5.75. The van der Waals surface area contributed by atoms with Crippen LogP contribution in [-0.2, 0) is 16.4 Å². The summed E-state index contributed by atoms with van der Waals surface area (Å²) in [6.45, 7) is 0.839. The lowest BCUT2D eigenvalue weighted by atomic mass is 10.1. The Morgan fingerprint density at radius 2 is 1.88 bits per heavy atom. The molecule has 12 heteroatoms. The van der Waals surface area contributed by atoms with Crippen molar-refractivity contribution in [1.29, 1.82) is 0 Å². The Labute approximate surface area is 235 Å². The molecule has 2 heterocycles. The maximum atomic E-state index is 13.2. The Kier molecular flexibility index (Phi) is 7.94. The van der Waals surface area contributed by atoms with Crippen molar-refractivity contribution in [3.05, 3.63) is 88.9 Å². The van der Waals surface area contributed by atoms with E-state index in [1.807, 2.05) is 12.1 Å². The Balaban J connectivity index is 1.24. The van der Waals surface area contributed by atoms with Gasteiger partial charge in [-0.3, -0.25) is 9.59 Å². The number of hydrogen-bond acceptors (Lipinski definition) is 9. The molecule has 40 heavy (non-hydrogen) atoms. The summed E-state index contributed by atoms with van der Waals surface area (Å²) >= 11 is 1.42. The zero-order chi connectivity index (χ0) is 28.3. The highest BCUT2D eigenvalue weighted by atomic mass is 32.2. The van der Waals surface area contributed by atoms with Gasteiger partial charge in [0.05, 0.1) is 27.6 Å². The normalized spacial score (nSPS) is 14.3. The van der Waals surface area contributed by atoms with Crippen molar-refractivity contribution in [3.8, 4) is 16.3 Å². The van der Waals surface area contributed by atoms with Crippen molar-refractivity contribution in [1.82, 2.24) is 15.6 Å². The molecule has 1 aromatic heterocycles. The molecule has 5 rings (SSSR count). The first kappa shape index (κ1) is 27.5. The molecular formula is C28H26N4O6S2. The number of benzene rings is 3. The molecule has 206 valence electrons. The minimum Gasteiger partial charge on any atom is -0.491 e. The summed E-state index contributed by atoms with van der Waals surface area (Å²) < 4.78 is 31.9. The lowest BCUT2D eigenvalue weighted by Gasteiger charge is -2.11. The zero-order valence-corrected chi connectivity index (χ0v) is 23.0. The number of likely N-dealkylation sites (N-methyl/N-ethyl adjacent to an activating group) is 1. The van der Waals surface area contributed by atoms with Gasteiger partial charge in [-0.1, -0.05) is 12.1 Å². The van der Waals surface area contributed by atoms with Gasteiger partial charge in [-0.2, -0.15) is 0 Å². The van der Waals surface area contributed by atoms with Gasteiger partial charge < -0.3 is 25.8 Å². The van der Waals surface area contributed by atoms with Crippen LogP contribution in [0.4, 0.5) is 5.69 Å². The van der Waals surface area contributed by atoms with E-state index in [0.29, 0.717) is 12.3 Å². The summed E-state index contributed by atoms with van der Waals surface area (Å²) in [5, 5.41) is 18.9. The summed E-state index contributed by atoms with van der Waals surface area (Å²) in [5.74, 6) is -0.344. The molecule has 4 aromatic rings. The second-order valence-electron chi connectivity index (χ2n) is 9.03. The number of fused-ring (bicyclic) bond motifs is 2. The van der Waals surface area contributed by atoms with Gasteiger partial charge in [0.2, 0.25) is 9.84 Å². The number of carbonyl (C=O) groups excluding carboxylic acids is 2. The van der Waals surface area contributed by atoms with Crippen LogP contribution in [0.15, 0.2) is 82.7 Å². The van der Waals surface area contributed by atoms with Crippen molar-refractivity contribution in [3.63, 3.8) is 0 Å². The number of thiazole rings is 1. The average molecular weight is 579 g/mol. The molecule has 2 amide bonds. The Bertz CT molecular complexity index is 1670. The average Bonchev–Trinajstić information content (AvgIpc) is 3.41. The van der Waals surface area contributed by atoms with E-state index < -0.39 is 27.8 Å². The van der Waals surface area contributed by atoms with Gasteiger partial charge in [-0.15, -0.1) is 11.3 Å². The second-order valence-corrected chi connectivity index (χ2v) is 12.0. The van der Waals surface area contributed by atoms with Gasteiger partial charge in [0.25, 0.3) is 11.8 Å². The van der Waals surface area contributed by atoms with E-state index in [1.165, 1.54) is 41.7 Å². The van der Waals surface area contributed by atoms with Crippen LogP contribution >= 0.6 is 11.3 Å². The molecule has 1 aliphatic rings. The quantitative estimate of drug-likeness (QED) is 0.237. The highest BCUT2D eigenvalue weighted by Crippen LogP contribution is 2.34. The lowest BCUT2D eigenvalue weighted by molar-refractivity contribution is 0.0949. The van der Waals surface area contributed by atoms with Crippen LogP contribution in [0.25, 0.3) is 10.6 Å². The van der Waals surface area contributed by atoms with E-state index in [-0.39, 0.29) is 39.8 Å². The lowest BCUT2D eigenvalue weighted by Crippen LogP contribution is -2.29.